The van der Waals surface area contributed by atoms with E-state index in [1.54, 1.807) is 48.2 Å². The van der Waals surface area contributed by atoms with Crippen molar-refractivity contribution in [1.29, 1.82) is 0 Å². The van der Waals surface area contributed by atoms with Crippen LogP contribution in [0.1, 0.15) is 24.2 Å². The van der Waals surface area contributed by atoms with Gasteiger partial charge in [0.05, 0.1) is 48.1 Å². The summed E-state index contributed by atoms with van der Waals surface area (Å²) in [5.41, 5.74) is 1.02. The quantitative estimate of drug-likeness (QED) is 0.232. The van der Waals surface area contributed by atoms with Crippen LogP contribution in [0.25, 0.3) is 10.8 Å². The second kappa shape index (κ2) is 13.8. The molecule has 4 aromatic carbocycles. The Kier molecular flexibility index (Phi) is 9.80. The van der Waals surface area contributed by atoms with E-state index in [4.69, 9.17) is 9.47 Å². The van der Waals surface area contributed by atoms with Gasteiger partial charge in [0.25, 0.3) is 5.91 Å². The second-order valence-electron chi connectivity index (χ2n) is 11.4. The van der Waals surface area contributed by atoms with Crippen molar-refractivity contribution in [3.05, 3.63) is 90.5 Å². The van der Waals surface area contributed by atoms with Gasteiger partial charge in [-0.25, -0.2) is 13.2 Å². The number of methoxy groups -OCH3 is 1. The Bertz CT molecular complexity index is 1830. The summed E-state index contributed by atoms with van der Waals surface area (Å²) in [4.78, 5) is 28.8. The predicted molar refractivity (Wildman–Crippen MR) is 177 cm³/mol. The summed E-state index contributed by atoms with van der Waals surface area (Å²) in [5, 5.41) is 17.5. The summed E-state index contributed by atoms with van der Waals surface area (Å²) in [6.45, 7) is 3.48. The SMILES string of the molecule is COc1ccc(S(=O)(=O)N(C)C[C@@H]2Oc3c(NC(=O)Nc4cccc5ccccc45)cccc3C(=O)N([C@@H](C)CO)C[C@H]2C)cc1. The summed E-state index contributed by atoms with van der Waals surface area (Å²) in [7, 11) is -0.943. The number of carbonyl (C=O) groups is 2. The minimum absolute atomic E-state index is 0.0545. The number of nitrogens with one attached hydrogen (secondary N) is 2. The van der Waals surface area contributed by atoms with Crippen molar-refractivity contribution in [3.63, 3.8) is 0 Å². The maximum absolute atomic E-state index is 13.8. The molecule has 1 heterocycles. The Morgan fingerprint density at radius 3 is 2.39 bits per heavy atom. The first-order valence-corrected chi connectivity index (χ1v) is 16.3. The lowest BCUT2D eigenvalue weighted by atomic mass is 9.99. The smallest absolute Gasteiger partial charge is 0.323 e. The van der Waals surface area contributed by atoms with Crippen LogP contribution < -0.4 is 20.1 Å². The fourth-order valence-corrected chi connectivity index (χ4v) is 6.63. The van der Waals surface area contributed by atoms with E-state index in [-0.39, 0.29) is 53.4 Å². The molecular weight excluding hydrogens is 608 g/mol. The molecule has 0 saturated heterocycles. The number of rotatable bonds is 9. The number of fused-ring (bicyclic) bond motifs is 2. The van der Waals surface area contributed by atoms with E-state index >= 15 is 0 Å². The van der Waals surface area contributed by atoms with Gasteiger partial charge in [-0.3, -0.25) is 4.79 Å². The Balaban J connectivity index is 1.47. The van der Waals surface area contributed by atoms with Crippen LogP contribution in [-0.2, 0) is 10.0 Å². The molecule has 3 amide bonds. The highest BCUT2D eigenvalue weighted by atomic mass is 32.2. The van der Waals surface area contributed by atoms with Gasteiger partial charge in [-0.2, -0.15) is 4.31 Å². The Morgan fingerprint density at radius 2 is 1.67 bits per heavy atom. The number of hydrogen-bond acceptors (Lipinski definition) is 7. The second-order valence-corrected chi connectivity index (χ2v) is 13.4. The van der Waals surface area contributed by atoms with Crippen LogP contribution in [-0.4, -0.2) is 80.7 Å². The molecule has 1 aliphatic rings. The minimum atomic E-state index is -3.91. The zero-order valence-corrected chi connectivity index (χ0v) is 27.0. The van der Waals surface area contributed by atoms with Crippen molar-refractivity contribution in [3.8, 4) is 11.5 Å². The van der Waals surface area contributed by atoms with Gasteiger partial charge in [0, 0.05) is 24.9 Å². The Morgan fingerprint density at radius 1 is 1.02 bits per heavy atom. The van der Waals surface area contributed by atoms with Gasteiger partial charge in [0.1, 0.15) is 11.9 Å². The molecule has 11 nitrogen and oxygen atoms in total. The van der Waals surface area contributed by atoms with Crippen molar-refractivity contribution < 1.29 is 32.6 Å². The number of ether oxygens (including phenoxy) is 2. The van der Waals surface area contributed by atoms with E-state index < -0.39 is 28.2 Å². The molecule has 4 aromatic rings. The highest BCUT2D eigenvalue weighted by Gasteiger charge is 2.36. The van der Waals surface area contributed by atoms with Crippen LogP contribution in [0.2, 0.25) is 0 Å². The molecule has 12 heteroatoms. The van der Waals surface area contributed by atoms with Gasteiger partial charge in [-0.05, 0) is 54.8 Å². The fourth-order valence-electron chi connectivity index (χ4n) is 5.45. The molecule has 0 bridgehead atoms. The predicted octanol–water partition coefficient (Wildman–Crippen LogP) is 5.03. The van der Waals surface area contributed by atoms with Crippen LogP contribution in [0.15, 0.2) is 89.8 Å². The van der Waals surface area contributed by atoms with E-state index in [2.05, 4.69) is 10.6 Å². The number of amides is 3. The first-order valence-electron chi connectivity index (χ1n) is 14.9. The standard InChI is InChI=1S/C34H38N4O7S/c1-22-19-38(23(2)21-39)33(40)28-12-8-14-30(36-34(41)35-29-13-7-10-24-9-5-6-11-27(24)29)32(28)45-31(22)20-37(3)46(42,43)26-17-15-25(44-4)16-18-26/h5-18,22-23,31,39H,19-21H2,1-4H3,(H2,35,36,41)/t22-,23+,31+/m1/s1. The number of likely N-dealkylation sites (N-methyl/N-ethyl adjacent to an activating group) is 1. The maximum atomic E-state index is 13.8. The van der Waals surface area contributed by atoms with E-state index in [1.807, 2.05) is 43.3 Å². The molecule has 0 aliphatic carbocycles. The third-order valence-corrected chi connectivity index (χ3v) is 10.0. The number of sulfonamides is 1. The fraction of sp³-hybridized carbons (Fsp3) is 0.294. The molecule has 5 rings (SSSR count). The van der Waals surface area contributed by atoms with E-state index in [0.29, 0.717) is 11.4 Å². The molecule has 3 N–H and O–H groups in total. The Hall–Kier alpha value is -4.65. The van der Waals surface area contributed by atoms with Crippen molar-refractivity contribution in [2.45, 2.75) is 30.9 Å². The van der Waals surface area contributed by atoms with E-state index in [9.17, 15) is 23.1 Å². The molecule has 0 unspecified atom stereocenters. The van der Waals surface area contributed by atoms with Gasteiger partial charge < -0.3 is 30.1 Å². The van der Waals surface area contributed by atoms with Crippen LogP contribution in [0.5, 0.6) is 11.5 Å². The zero-order valence-electron chi connectivity index (χ0n) is 26.1. The van der Waals surface area contributed by atoms with Crippen LogP contribution in [0.3, 0.4) is 0 Å². The van der Waals surface area contributed by atoms with Gasteiger partial charge in [-0.1, -0.05) is 49.4 Å². The average Bonchev–Trinajstić information content (AvgIpc) is 3.06. The first-order chi connectivity index (χ1) is 22.0. The molecule has 0 fully saturated rings. The highest BCUT2D eigenvalue weighted by Crippen LogP contribution is 2.35. The first kappa shape index (κ1) is 32.7. The lowest BCUT2D eigenvalue weighted by Crippen LogP contribution is -2.50. The number of para-hydroxylation sites is 1. The van der Waals surface area contributed by atoms with Crippen molar-refractivity contribution in [2.75, 3.05) is 44.5 Å². The number of hydrogen-bond donors (Lipinski definition) is 3. The third-order valence-electron chi connectivity index (χ3n) is 8.18. The molecule has 46 heavy (non-hydrogen) atoms. The monoisotopic (exact) mass is 646 g/mol. The Labute approximate surface area is 268 Å². The third kappa shape index (κ3) is 6.79. The largest absolute Gasteiger partial charge is 0.497 e. The molecule has 0 aromatic heterocycles. The topological polar surface area (TPSA) is 138 Å². The maximum Gasteiger partial charge on any atom is 0.323 e. The zero-order chi connectivity index (χ0) is 33.0. The molecule has 242 valence electrons. The molecule has 0 saturated carbocycles. The van der Waals surface area contributed by atoms with Crippen molar-refractivity contribution in [2.24, 2.45) is 5.92 Å². The van der Waals surface area contributed by atoms with Crippen LogP contribution >= 0.6 is 0 Å². The van der Waals surface area contributed by atoms with Gasteiger partial charge >= 0.3 is 6.03 Å². The van der Waals surface area contributed by atoms with Crippen LogP contribution in [0, 0.1) is 5.92 Å². The summed E-state index contributed by atoms with van der Waals surface area (Å²) in [5.74, 6) is -0.0960. The molecule has 1 aliphatic heterocycles. The molecule has 3 atom stereocenters. The number of benzene rings is 4. The molecular formula is C34H38N4O7S. The minimum Gasteiger partial charge on any atom is -0.497 e. The summed E-state index contributed by atoms with van der Waals surface area (Å²) < 4.78 is 39.9. The number of urea groups is 1. The number of aliphatic hydroxyl groups excluding tert-OH is 1. The molecule has 0 spiro atoms. The number of anilines is 2. The van der Waals surface area contributed by atoms with Crippen LogP contribution in [0.4, 0.5) is 16.2 Å². The summed E-state index contributed by atoms with van der Waals surface area (Å²) >= 11 is 0. The van der Waals surface area contributed by atoms with E-state index in [0.717, 1.165) is 10.8 Å². The molecule has 0 radical (unpaired) electrons. The lowest BCUT2D eigenvalue weighted by molar-refractivity contribution is 0.0389. The number of carbonyl (C=O) groups excluding carboxylic acids is 2. The number of aliphatic hydroxyl groups is 1. The lowest BCUT2D eigenvalue weighted by Gasteiger charge is -2.38. The highest BCUT2D eigenvalue weighted by molar-refractivity contribution is 7.89. The normalized spacial score (nSPS) is 17.4. The summed E-state index contributed by atoms with van der Waals surface area (Å²) in [6, 6.07) is 23.1. The number of nitrogens with zero attached hydrogens (tertiary/aromatic N) is 2. The summed E-state index contributed by atoms with van der Waals surface area (Å²) in [6.07, 6.45) is -0.734. The van der Waals surface area contributed by atoms with Crippen molar-refractivity contribution >= 4 is 44.1 Å². The van der Waals surface area contributed by atoms with Crippen molar-refractivity contribution in [1.82, 2.24) is 9.21 Å². The van der Waals surface area contributed by atoms with Gasteiger partial charge in [0.15, 0.2) is 5.75 Å². The van der Waals surface area contributed by atoms with Gasteiger partial charge in [-0.15, -0.1) is 0 Å². The van der Waals surface area contributed by atoms with E-state index in [1.165, 1.54) is 30.6 Å². The van der Waals surface area contributed by atoms with Gasteiger partial charge in [0.2, 0.25) is 10.0 Å². The average molecular weight is 647 g/mol.